The van der Waals surface area contributed by atoms with Crippen molar-refractivity contribution >= 4 is 11.7 Å². The second-order valence-corrected chi connectivity index (χ2v) is 12.5. The summed E-state index contributed by atoms with van der Waals surface area (Å²) in [4.78, 5) is 28.3. The van der Waals surface area contributed by atoms with E-state index in [9.17, 15) is 9.59 Å². The van der Waals surface area contributed by atoms with Gasteiger partial charge in [-0.1, -0.05) is 86.6 Å². The van der Waals surface area contributed by atoms with E-state index in [0.717, 1.165) is 56.8 Å². The maximum atomic E-state index is 13.2. The van der Waals surface area contributed by atoms with Crippen LogP contribution in [0.25, 0.3) is 0 Å². The Labute approximate surface area is 246 Å². The minimum Gasteiger partial charge on any atom is -0.353 e. The molecule has 0 aromatic heterocycles. The van der Waals surface area contributed by atoms with Crippen molar-refractivity contribution in [1.29, 1.82) is 0 Å². The third-order valence-electron chi connectivity index (χ3n) is 9.27. The lowest BCUT2D eigenvalue weighted by atomic mass is 9.83. The zero-order valence-electron chi connectivity index (χ0n) is 24.9. The molecule has 1 aliphatic carbocycles. The van der Waals surface area contributed by atoms with Crippen LogP contribution < -0.4 is 5.32 Å². The predicted molar refractivity (Wildman–Crippen MR) is 167 cm³/mol. The molecule has 0 radical (unpaired) electrons. The van der Waals surface area contributed by atoms with Gasteiger partial charge in [0.25, 0.3) is 0 Å². The number of rotatable bonds is 10. The molecule has 4 heteroatoms. The van der Waals surface area contributed by atoms with Gasteiger partial charge in [0.15, 0.2) is 5.78 Å². The molecular formula is C37H46N2O2. The molecule has 1 heterocycles. The molecule has 0 unspecified atom stereocenters. The fourth-order valence-electron chi connectivity index (χ4n) is 6.71. The summed E-state index contributed by atoms with van der Waals surface area (Å²) in [5.74, 6) is 1.27. The summed E-state index contributed by atoms with van der Waals surface area (Å²) < 4.78 is 0. The SMILES string of the molecule is CC(C)C(=O)c1ccc2c(c1)CCN(CC[C@H]1CC[C@H](NC(=O)CC(c3ccccc3)c3ccccc3)CC1)CC2. The highest BCUT2D eigenvalue weighted by atomic mass is 16.1. The molecule has 1 aliphatic heterocycles. The van der Waals surface area contributed by atoms with Crippen molar-refractivity contribution in [3.05, 3.63) is 107 Å². The van der Waals surface area contributed by atoms with Gasteiger partial charge in [0, 0.05) is 43.0 Å². The maximum Gasteiger partial charge on any atom is 0.221 e. The van der Waals surface area contributed by atoms with Crippen LogP contribution in [0, 0.1) is 11.8 Å². The maximum absolute atomic E-state index is 13.2. The summed E-state index contributed by atoms with van der Waals surface area (Å²) in [6, 6.07) is 27.5. The summed E-state index contributed by atoms with van der Waals surface area (Å²) in [5, 5.41) is 3.38. The molecule has 1 saturated carbocycles. The van der Waals surface area contributed by atoms with Gasteiger partial charge in [0.2, 0.25) is 5.91 Å². The molecule has 0 spiro atoms. The molecule has 216 valence electrons. The molecule has 3 aromatic carbocycles. The molecule has 0 atom stereocenters. The minimum atomic E-state index is 0.0410. The lowest BCUT2D eigenvalue weighted by molar-refractivity contribution is -0.122. The lowest BCUT2D eigenvalue weighted by Gasteiger charge is -2.31. The topological polar surface area (TPSA) is 49.4 Å². The number of fused-ring (bicyclic) bond motifs is 1. The van der Waals surface area contributed by atoms with E-state index in [2.05, 4.69) is 70.9 Å². The summed E-state index contributed by atoms with van der Waals surface area (Å²) in [7, 11) is 0. The van der Waals surface area contributed by atoms with Crippen LogP contribution in [0.2, 0.25) is 0 Å². The molecule has 0 saturated heterocycles. The first kappa shape index (κ1) is 29.3. The van der Waals surface area contributed by atoms with E-state index >= 15 is 0 Å². The molecule has 1 amide bonds. The van der Waals surface area contributed by atoms with Gasteiger partial charge in [0.1, 0.15) is 0 Å². The van der Waals surface area contributed by atoms with Gasteiger partial charge >= 0.3 is 0 Å². The lowest BCUT2D eigenvalue weighted by Crippen LogP contribution is -2.38. The van der Waals surface area contributed by atoms with Gasteiger partial charge in [-0.05, 0) is 85.7 Å². The number of hydrogen-bond donors (Lipinski definition) is 1. The van der Waals surface area contributed by atoms with E-state index in [1.807, 2.05) is 32.0 Å². The average Bonchev–Trinajstić information content (AvgIpc) is 3.22. The Morgan fingerprint density at radius 3 is 2.02 bits per heavy atom. The van der Waals surface area contributed by atoms with Crippen molar-refractivity contribution in [2.45, 2.75) is 77.2 Å². The number of Topliss-reactive ketones (excluding diaryl/α,β-unsaturated/α-hetero) is 1. The second kappa shape index (κ2) is 14.1. The smallest absolute Gasteiger partial charge is 0.221 e. The van der Waals surface area contributed by atoms with Gasteiger partial charge in [-0.15, -0.1) is 0 Å². The Morgan fingerprint density at radius 2 is 1.41 bits per heavy atom. The van der Waals surface area contributed by atoms with E-state index in [1.54, 1.807) is 0 Å². The second-order valence-electron chi connectivity index (χ2n) is 12.5. The average molecular weight is 551 g/mol. The number of carbonyl (C=O) groups excluding carboxylic acids is 2. The summed E-state index contributed by atoms with van der Waals surface area (Å²) in [6.07, 6.45) is 8.36. The Morgan fingerprint density at radius 1 is 0.805 bits per heavy atom. The monoisotopic (exact) mass is 550 g/mol. The van der Waals surface area contributed by atoms with Gasteiger partial charge in [-0.2, -0.15) is 0 Å². The number of ketones is 1. The van der Waals surface area contributed by atoms with Gasteiger partial charge in [0.05, 0.1) is 0 Å². The first-order valence-electron chi connectivity index (χ1n) is 15.7. The Bertz CT molecular complexity index is 1240. The van der Waals surface area contributed by atoms with Crippen LogP contribution in [0.4, 0.5) is 0 Å². The molecule has 41 heavy (non-hydrogen) atoms. The van der Waals surface area contributed by atoms with Crippen LogP contribution in [0.3, 0.4) is 0 Å². The fourth-order valence-corrected chi connectivity index (χ4v) is 6.71. The third-order valence-corrected chi connectivity index (χ3v) is 9.27. The van der Waals surface area contributed by atoms with Gasteiger partial charge in [-0.25, -0.2) is 0 Å². The molecule has 2 aliphatic rings. The van der Waals surface area contributed by atoms with Crippen molar-refractivity contribution in [1.82, 2.24) is 10.2 Å². The fraction of sp³-hybridized carbons (Fsp3) is 0.459. The van der Waals surface area contributed by atoms with E-state index in [-0.39, 0.29) is 23.5 Å². The van der Waals surface area contributed by atoms with Crippen molar-refractivity contribution in [3.63, 3.8) is 0 Å². The largest absolute Gasteiger partial charge is 0.353 e. The van der Waals surface area contributed by atoms with E-state index in [1.165, 1.54) is 41.5 Å². The number of carbonyl (C=O) groups is 2. The van der Waals surface area contributed by atoms with Crippen LogP contribution >= 0.6 is 0 Å². The van der Waals surface area contributed by atoms with Crippen molar-refractivity contribution < 1.29 is 9.59 Å². The normalized spacial score (nSPS) is 19.5. The van der Waals surface area contributed by atoms with Crippen LogP contribution in [-0.4, -0.2) is 42.3 Å². The summed E-state index contributed by atoms with van der Waals surface area (Å²) in [5.41, 5.74) is 6.02. The molecule has 0 bridgehead atoms. The van der Waals surface area contributed by atoms with Gasteiger partial charge in [-0.3, -0.25) is 9.59 Å². The summed E-state index contributed by atoms with van der Waals surface area (Å²) in [6.45, 7) is 7.26. The molecular weight excluding hydrogens is 504 g/mol. The Kier molecular flexibility index (Phi) is 10.1. The number of nitrogens with zero attached hydrogens (tertiary/aromatic N) is 1. The van der Waals surface area contributed by atoms with Crippen molar-refractivity contribution in [3.8, 4) is 0 Å². The first-order chi connectivity index (χ1) is 20.0. The van der Waals surface area contributed by atoms with Crippen LogP contribution in [-0.2, 0) is 17.6 Å². The van der Waals surface area contributed by atoms with E-state index < -0.39 is 0 Å². The highest BCUT2D eigenvalue weighted by Gasteiger charge is 2.25. The Balaban J connectivity index is 1.06. The number of amides is 1. The molecule has 1 N–H and O–H groups in total. The number of hydrogen-bond acceptors (Lipinski definition) is 3. The van der Waals surface area contributed by atoms with E-state index in [0.29, 0.717) is 12.5 Å². The zero-order chi connectivity index (χ0) is 28.6. The Hall–Kier alpha value is -3.24. The van der Waals surface area contributed by atoms with Crippen LogP contribution in [0.1, 0.15) is 90.9 Å². The van der Waals surface area contributed by atoms with Crippen molar-refractivity contribution in [2.75, 3.05) is 19.6 Å². The zero-order valence-corrected chi connectivity index (χ0v) is 24.9. The highest BCUT2D eigenvalue weighted by molar-refractivity contribution is 5.97. The number of nitrogens with one attached hydrogen (secondary N) is 1. The molecule has 3 aromatic rings. The first-order valence-corrected chi connectivity index (χ1v) is 15.7. The van der Waals surface area contributed by atoms with Crippen LogP contribution in [0.5, 0.6) is 0 Å². The standard InChI is InChI=1S/C37H46N2O2/c1-27(2)37(41)33-16-15-29-20-23-39(24-21-32(29)25-33)22-19-28-13-17-34(18-14-28)38-36(40)26-35(30-9-5-3-6-10-30)31-11-7-4-8-12-31/h3-12,15-16,25,27-28,34-35H,13-14,17-24,26H2,1-2H3,(H,38,40)/t28-,34-. The number of benzene rings is 3. The quantitative estimate of drug-likeness (QED) is 0.271. The summed E-state index contributed by atoms with van der Waals surface area (Å²) >= 11 is 0. The van der Waals surface area contributed by atoms with Gasteiger partial charge < -0.3 is 10.2 Å². The highest BCUT2D eigenvalue weighted by Crippen LogP contribution is 2.30. The van der Waals surface area contributed by atoms with Crippen molar-refractivity contribution in [2.24, 2.45) is 11.8 Å². The predicted octanol–water partition coefficient (Wildman–Crippen LogP) is 7.21. The molecule has 5 rings (SSSR count). The molecule has 4 nitrogen and oxygen atoms in total. The molecule has 1 fully saturated rings. The third kappa shape index (κ3) is 7.95. The minimum absolute atomic E-state index is 0.0410. The van der Waals surface area contributed by atoms with E-state index in [4.69, 9.17) is 0 Å². The van der Waals surface area contributed by atoms with Crippen LogP contribution in [0.15, 0.2) is 78.9 Å².